The van der Waals surface area contributed by atoms with Gasteiger partial charge in [-0.1, -0.05) is 20.8 Å². The van der Waals surface area contributed by atoms with Gasteiger partial charge in [-0.25, -0.2) is 0 Å². The Morgan fingerprint density at radius 2 is 2.25 bits per heavy atom. The molecular formula is C16H27N3O. The molecule has 4 nitrogen and oxygen atoms in total. The van der Waals surface area contributed by atoms with Crippen LogP contribution in [0.1, 0.15) is 51.7 Å². The van der Waals surface area contributed by atoms with Crippen LogP contribution in [-0.2, 0) is 11.8 Å². The summed E-state index contributed by atoms with van der Waals surface area (Å²) >= 11 is 0. The molecule has 0 aliphatic heterocycles. The molecule has 20 heavy (non-hydrogen) atoms. The molecule has 2 saturated carbocycles. The van der Waals surface area contributed by atoms with Crippen LogP contribution < -0.4 is 5.73 Å². The molecule has 0 radical (unpaired) electrons. The van der Waals surface area contributed by atoms with Gasteiger partial charge in [-0.2, -0.15) is 5.10 Å². The van der Waals surface area contributed by atoms with E-state index in [1.807, 2.05) is 24.1 Å². The summed E-state index contributed by atoms with van der Waals surface area (Å²) in [6, 6.07) is 0. The van der Waals surface area contributed by atoms with E-state index in [1.54, 1.807) is 0 Å². The molecule has 0 saturated heterocycles. The summed E-state index contributed by atoms with van der Waals surface area (Å²) in [7, 11) is 1.93. The fraction of sp³-hybridized carbons (Fsp3) is 0.812. The predicted octanol–water partition coefficient (Wildman–Crippen LogP) is 2.65. The second kappa shape index (κ2) is 4.57. The second-order valence-corrected chi connectivity index (χ2v) is 7.41. The van der Waals surface area contributed by atoms with Crippen molar-refractivity contribution in [2.24, 2.45) is 29.5 Å². The van der Waals surface area contributed by atoms with Crippen molar-refractivity contribution in [3.05, 3.63) is 18.0 Å². The van der Waals surface area contributed by atoms with Crippen molar-refractivity contribution in [2.45, 2.75) is 52.2 Å². The summed E-state index contributed by atoms with van der Waals surface area (Å²) in [5.74, 6) is 0.796. The maximum Gasteiger partial charge on any atom is 0.0981 e. The number of hydrogen-bond acceptors (Lipinski definition) is 3. The molecule has 2 aliphatic carbocycles. The Balaban J connectivity index is 1.78. The first-order valence-corrected chi connectivity index (χ1v) is 7.72. The normalized spacial score (nSPS) is 36.5. The third kappa shape index (κ3) is 1.85. The van der Waals surface area contributed by atoms with E-state index in [9.17, 15) is 0 Å². The molecule has 2 N–H and O–H groups in total. The van der Waals surface area contributed by atoms with Crippen LogP contribution in [0.15, 0.2) is 12.4 Å². The third-order valence-corrected chi connectivity index (χ3v) is 6.35. The number of hydrogen-bond donors (Lipinski definition) is 1. The zero-order valence-corrected chi connectivity index (χ0v) is 13.1. The highest BCUT2D eigenvalue weighted by Crippen LogP contribution is 2.66. The quantitative estimate of drug-likeness (QED) is 0.920. The molecule has 4 unspecified atom stereocenters. The van der Waals surface area contributed by atoms with E-state index in [-0.39, 0.29) is 11.5 Å². The Morgan fingerprint density at radius 1 is 1.50 bits per heavy atom. The van der Waals surface area contributed by atoms with Gasteiger partial charge >= 0.3 is 0 Å². The van der Waals surface area contributed by atoms with Gasteiger partial charge in [-0.3, -0.25) is 4.68 Å². The van der Waals surface area contributed by atoms with Crippen molar-refractivity contribution in [3.8, 4) is 0 Å². The Bertz CT molecular complexity index is 496. The number of aryl methyl sites for hydroxylation is 1. The van der Waals surface area contributed by atoms with Crippen LogP contribution in [0.3, 0.4) is 0 Å². The molecule has 0 spiro atoms. The number of fused-ring (bicyclic) bond motifs is 2. The zero-order valence-electron chi connectivity index (χ0n) is 13.1. The molecule has 1 aromatic rings. The summed E-state index contributed by atoms with van der Waals surface area (Å²) in [5.41, 5.74) is 7.70. The first-order chi connectivity index (χ1) is 9.38. The predicted molar refractivity (Wildman–Crippen MR) is 79.1 cm³/mol. The molecule has 1 heterocycles. The van der Waals surface area contributed by atoms with E-state index in [1.165, 1.54) is 19.3 Å². The van der Waals surface area contributed by atoms with Gasteiger partial charge in [0.1, 0.15) is 0 Å². The van der Waals surface area contributed by atoms with E-state index in [0.29, 0.717) is 18.1 Å². The van der Waals surface area contributed by atoms with E-state index < -0.39 is 0 Å². The van der Waals surface area contributed by atoms with Gasteiger partial charge in [0.05, 0.1) is 18.4 Å². The molecule has 112 valence electrons. The first kappa shape index (κ1) is 14.1. The van der Waals surface area contributed by atoms with Crippen LogP contribution in [0.2, 0.25) is 0 Å². The summed E-state index contributed by atoms with van der Waals surface area (Å²) in [6.07, 6.45) is 7.99. The highest BCUT2D eigenvalue weighted by Gasteiger charge is 2.62. The standard InChI is InChI=1S/C16H27N3O/c1-15(2)12-5-6-16(15,3)14(7-12)20-13(8-17)11-9-18-19(4)10-11/h9-10,12-14H,5-8,17H2,1-4H3. The van der Waals surface area contributed by atoms with Gasteiger partial charge in [0.2, 0.25) is 0 Å². The maximum atomic E-state index is 6.45. The molecule has 0 amide bonds. The first-order valence-electron chi connectivity index (χ1n) is 7.72. The molecule has 2 bridgehead atoms. The highest BCUT2D eigenvalue weighted by atomic mass is 16.5. The number of aromatic nitrogens is 2. The molecule has 2 fully saturated rings. The molecule has 2 aliphatic rings. The zero-order chi connectivity index (χ0) is 14.5. The van der Waals surface area contributed by atoms with Crippen molar-refractivity contribution in [1.29, 1.82) is 0 Å². The van der Waals surface area contributed by atoms with Crippen LogP contribution in [0.4, 0.5) is 0 Å². The maximum absolute atomic E-state index is 6.45. The molecule has 4 atom stereocenters. The van der Waals surface area contributed by atoms with Gasteiger partial charge in [0.15, 0.2) is 0 Å². The monoisotopic (exact) mass is 277 g/mol. The van der Waals surface area contributed by atoms with Crippen molar-refractivity contribution in [1.82, 2.24) is 9.78 Å². The number of rotatable bonds is 4. The Hall–Kier alpha value is -0.870. The van der Waals surface area contributed by atoms with Gasteiger partial charge in [0.25, 0.3) is 0 Å². The van der Waals surface area contributed by atoms with Crippen LogP contribution in [-0.4, -0.2) is 22.4 Å². The Morgan fingerprint density at radius 3 is 2.70 bits per heavy atom. The van der Waals surface area contributed by atoms with E-state index in [4.69, 9.17) is 10.5 Å². The lowest BCUT2D eigenvalue weighted by Gasteiger charge is -2.40. The number of nitrogens with zero attached hydrogens (tertiary/aromatic N) is 2. The van der Waals surface area contributed by atoms with E-state index >= 15 is 0 Å². The molecule has 4 heteroatoms. The van der Waals surface area contributed by atoms with Crippen molar-refractivity contribution in [3.63, 3.8) is 0 Å². The van der Waals surface area contributed by atoms with Gasteiger partial charge < -0.3 is 10.5 Å². The van der Waals surface area contributed by atoms with E-state index in [2.05, 4.69) is 25.9 Å². The average Bonchev–Trinajstić information content (AvgIpc) is 2.97. The minimum Gasteiger partial charge on any atom is -0.368 e. The SMILES string of the molecule is Cn1cc(C(CN)OC2CC3CCC2(C)C3(C)C)cn1. The minimum absolute atomic E-state index is 0.0272. The van der Waals surface area contributed by atoms with Crippen molar-refractivity contribution >= 4 is 0 Å². The molecule has 3 rings (SSSR count). The number of nitrogens with two attached hydrogens (primary N) is 1. The Labute approximate surface area is 121 Å². The highest BCUT2D eigenvalue weighted by molar-refractivity contribution is 5.13. The molecular weight excluding hydrogens is 250 g/mol. The fourth-order valence-electron chi connectivity index (χ4n) is 4.41. The van der Waals surface area contributed by atoms with Gasteiger partial charge in [0, 0.05) is 25.4 Å². The lowest BCUT2D eigenvalue weighted by Crippen LogP contribution is -2.38. The summed E-state index contributed by atoms with van der Waals surface area (Å²) in [5, 5.41) is 4.24. The summed E-state index contributed by atoms with van der Waals surface area (Å²) in [4.78, 5) is 0. The van der Waals surface area contributed by atoms with Crippen molar-refractivity contribution in [2.75, 3.05) is 6.54 Å². The number of ether oxygens (including phenoxy) is 1. The molecule has 0 aromatic carbocycles. The summed E-state index contributed by atoms with van der Waals surface area (Å²) < 4.78 is 8.27. The van der Waals surface area contributed by atoms with E-state index in [0.717, 1.165) is 11.5 Å². The average molecular weight is 277 g/mol. The lowest BCUT2D eigenvalue weighted by atomic mass is 9.70. The smallest absolute Gasteiger partial charge is 0.0981 e. The topological polar surface area (TPSA) is 53.1 Å². The van der Waals surface area contributed by atoms with Crippen molar-refractivity contribution < 1.29 is 4.74 Å². The second-order valence-electron chi connectivity index (χ2n) is 7.41. The Kier molecular flexibility index (Phi) is 3.22. The lowest BCUT2D eigenvalue weighted by molar-refractivity contribution is -0.0849. The van der Waals surface area contributed by atoms with Crippen LogP contribution in [0, 0.1) is 16.7 Å². The van der Waals surface area contributed by atoms with Gasteiger partial charge in [-0.15, -0.1) is 0 Å². The minimum atomic E-state index is -0.0272. The fourth-order valence-corrected chi connectivity index (χ4v) is 4.41. The largest absolute Gasteiger partial charge is 0.368 e. The third-order valence-electron chi connectivity index (χ3n) is 6.35. The molecule has 1 aromatic heterocycles. The van der Waals surface area contributed by atoms with Crippen LogP contribution >= 0.6 is 0 Å². The van der Waals surface area contributed by atoms with Crippen LogP contribution in [0.5, 0.6) is 0 Å². The van der Waals surface area contributed by atoms with Crippen LogP contribution in [0.25, 0.3) is 0 Å². The van der Waals surface area contributed by atoms with Gasteiger partial charge in [-0.05, 0) is 36.0 Å². The summed E-state index contributed by atoms with van der Waals surface area (Å²) in [6.45, 7) is 7.75.